The van der Waals surface area contributed by atoms with Crippen molar-refractivity contribution in [1.29, 1.82) is 0 Å². The number of allylic oxidation sites excluding steroid dienone is 1. The van der Waals surface area contributed by atoms with Crippen molar-refractivity contribution in [1.82, 2.24) is 0 Å². The fourth-order valence-corrected chi connectivity index (χ4v) is 0.456. The summed E-state index contributed by atoms with van der Waals surface area (Å²) in [5.74, 6) is 0.321. The number of rotatable bonds is 3. The topological polar surface area (TPSA) is 58.6 Å². The van der Waals surface area contributed by atoms with E-state index in [0.29, 0.717) is 5.82 Å². The Morgan fingerprint density at radius 2 is 2.40 bits per heavy atom. The smallest absolute Gasteiger partial charge is 0.122 e. The number of aliphatic hydroxyl groups excluding tert-OH is 1. The van der Waals surface area contributed by atoms with Crippen LogP contribution >= 0.6 is 0 Å². The molecule has 0 heterocycles. The van der Waals surface area contributed by atoms with E-state index in [1.54, 1.807) is 12.2 Å². The number of hydrogen-bond acceptors (Lipinski definition) is 3. The maximum absolute atomic E-state index is 8.64. The molecule has 0 saturated heterocycles. The predicted molar refractivity (Wildman–Crippen MR) is 42.7 cm³/mol. The molecular formula is C7H12N2O. The van der Waals surface area contributed by atoms with Gasteiger partial charge in [0.05, 0.1) is 6.61 Å². The second-order valence-electron chi connectivity index (χ2n) is 1.75. The molecule has 3 heteroatoms. The quantitative estimate of drug-likeness (QED) is 0.441. The molecule has 0 radical (unpaired) electrons. The molecule has 0 spiro atoms. The first-order chi connectivity index (χ1) is 4.74. The van der Waals surface area contributed by atoms with Gasteiger partial charge in [0.2, 0.25) is 0 Å². The lowest BCUT2D eigenvalue weighted by Crippen LogP contribution is -1.95. The molecule has 0 saturated carbocycles. The number of nitrogens with zero attached hydrogens (tertiary/aromatic N) is 1. The molecule has 0 bridgehead atoms. The van der Waals surface area contributed by atoms with E-state index in [-0.39, 0.29) is 6.61 Å². The lowest BCUT2D eigenvalue weighted by molar-refractivity contribution is 0.334. The molecule has 0 aliphatic carbocycles. The summed E-state index contributed by atoms with van der Waals surface area (Å²) in [6, 6.07) is 0. The highest BCUT2D eigenvalue weighted by Crippen LogP contribution is 1.97. The second kappa shape index (κ2) is 4.76. The van der Waals surface area contributed by atoms with Crippen LogP contribution in [0.25, 0.3) is 0 Å². The Labute approximate surface area is 60.6 Å². The molecule has 56 valence electrons. The van der Waals surface area contributed by atoms with Gasteiger partial charge in [0, 0.05) is 0 Å². The molecular weight excluding hydrogens is 128 g/mol. The minimum atomic E-state index is -0.0211. The highest BCUT2D eigenvalue weighted by Gasteiger charge is 1.88. The average molecular weight is 140 g/mol. The third kappa shape index (κ3) is 3.04. The maximum atomic E-state index is 8.64. The zero-order valence-corrected chi connectivity index (χ0v) is 6.04. The highest BCUT2D eigenvalue weighted by molar-refractivity contribution is 5.31. The molecule has 0 fully saturated rings. The molecule has 0 rings (SSSR count). The van der Waals surface area contributed by atoms with Gasteiger partial charge in [0.15, 0.2) is 0 Å². The van der Waals surface area contributed by atoms with Gasteiger partial charge < -0.3 is 10.8 Å². The van der Waals surface area contributed by atoms with Crippen molar-refractivity contribution in [3.8, 4) is 0 Å². The van der Waals surface area contributed by atoms with E-state index in [1.165, 1.54) is 0 Å². The molecule has 0 aliphatic rings. The zero-order chi connectivity index (χ0) is 7.98. The highest BCUT2D eigenvalue weighted by atomic mass is 16.3. The predicted octanol–water partition coefficient (Wildman–Crippen LogP) is 0.426. The third-order valence-corrected chi connectivity index (χ3v) is 1.07. The van der Waals surface area contributed by atoms with Crippen molar-refractivity contribution in [2.24, 2.45) is 10.7 Å². The maximum Gasteiger partial charge on any atom is 0.122 e. The molecule has 0 aromatic rings. The van der Waals surface area contributed by atoms with Crippen LogP contribution in [-0.2, 0) is 0 Å². The summed E-state index contributed by atoms with van der Waals surface area (Å²) in [7, 11) is 0. The first-order valence-corrected chi connectivity index (χ1v) is 2.94. The largest absolute Gasteiger partial charge is 0.392 e. The number of aliphatic hydroxyl groups is 1. The van der Waals surface area contributed by atoms with Crippen LogP contribution in [-0.4, -0.2) is 18.4 Å². The lowest BCUT2D eigenvalue weighted by Gasteiger charge is -1.94. The average Bonchev–Trinajstić information content (AvgIpc) is 1.99. The van der Waals surface area contributed by atoms with Crippen LogP contribution < -0.4 is 5.73 Å². The Bertz CT molecular complexity index is 170. The van der Waals surface area contributed by atoms with Crippen molar-refractivity contribution < 1.29 is 5.11 Å². The standard InChI is InChI=1S/C7H12N2O/c1-3-6(5-10)4-7(8)9-2/h3-4,10H,2,5,8H2,1H3/b6-3+,7-4-. The van der Waals surface area contributed by atoms with Gasteiger partial charge in [-0.1, -0.05) is 6.08 Å². The minimum absolute atomic E-state index is 0.0211. The zero-order valence-electron chi connectivity index (χ0n) is 6.04. The first kappa shape index (κ1) is 8.91. The molecule has 0 amide bonds. The Morgan fingerprint density at radius 1 is 1.80 bits per heavy atom. The fourth-order valence-electron chi connectivity index (χ4n) is 0.456. The summed E-state index contributed by atoms with van der Waals surface area (Å²) < 4.78 is 0. The van der Waals surface area contributed by atoms with Crippen LogP contribution in [0.2, 0.25) is 0 Å². The van der Waals surface area contributed by atoms with Crippen molar-refractivity contribution in [2.75, 3.05) is 6.61 Å². The normalized spacial score (nSPS) is 13.4. The van der Waals surface area contributed by atoms with E-state index in [0.717, 1.165) is 5.57 Å². The number of hydrogen-bond donors (Lipinski definition) is 2. The fraction of sp³-hybridized carbons (Fsp3) is 0.286. The summed E-state index contributed by atoms with van der Waals surface area (Å²) in [6.45, 7) is 5.03. The van der Waals surface area contributed by atoms with Crippen LogP contribution in [0.3, 0.4) is 0 Å². The molecule has 3 nitrogen and oxygen atoms in total. The summed E-state index contributed by atoms with van der Waals surface area (Å²) in [4.78, 5) is 3.46. The van der Waals surface area contributed by atoms with E-state index in [2.05, 4.69) is 11.7 Å². The van der Waals surface area contributed by atoms with Gasteiger partial charge in [0.25, 0.3) is 0 Å². The Kier molecular flexibility index (Phi) is 4.24. The van der Waals surface area contributed by atoms with Crippen LogP contribution in [0.15, 0.2) is 28.5 Å². The Morgan fingerprint density at radius 3 is 2.70 bits per heavy atom. The molecule has 0 aromatic carbocycles. The van der Waals surface area contributed by atoms with E-state index in [4.69, 9.17) is 10.8 Å². The lowest BCUT2D eigenvalue weighted by atomic mass is 10.2. The number of aliphatic imine (C=N–C) groups is 1. The van der Waals surface area contributed by atoms with Crippen molar-refractivity contribution in [3.05, 3.63) is 23.5 Å². The summed E-state index contributed by atoms with van der Waals surface area (Å²) in [5.41, 5.74) is 6.05. The van der Waals surface area contributed by atoms with E-state index < -0.39 is 0 Å². The van der Waals surface area contributed by atoms with Crippen LogP contribution in [0.4, 0.5) is 0 Å². The van der Waals surface area contributed by atoms with Crippen LogP contribution in [0, 0.1) is 0 Å². The molecule has 10 heavy (non-hydrogen) atoms. The first-order valence-electron chi connectivity index (χ1n) is 2.94. The third-order valence-electron chi connectivity index (χ3n) is 1.07. The minimum Gasteiger partial charge on any atom is -0.392 e. The van der Waals surface area contributed by atoms with E-state index >= 15 is 0 Å². The Hall–Kier alpha value is -1.09. The van der Waals surface area contributed by atoms with Crippen LogP contribution in [0.5, 0.6) is 0 Å². The van der Waals surface area contributed by atoms with Crippen LogP contribution in [0.1, 0.15) is 6.92 Å². The van der Waals surface area contributed by atoms with Gasteiger partial charge in [0.1, 0.15) is 5.82 Å². The number of nitrogens with two attached hydrogens (primary N) is 1. The van der Waals surface area contributed by atoms with Gasteiger partial charge in [-0.3, -0.25) is 0 Å². The van der Waals surface area contributed by atoms with Crippen molar-refractivity contribution >= 4 is 6.72 Å². The van der Waals surface area contributed by atoms with E-state index in [1.807, 2.05) is 6.92 Å². The van der Waals surface area contributed by atoms with Gasteiger partial charge >= 0.3 is 0 Å². The van der Waals surface area contributed by atoms with Gasteiger partial charge in [-0.15, -0.1) is 0 Å². The molecule has 0 atom stereocenters. The van der Waals surface area contributed by atoms with Gasteiger partial charge in [-0.05, 0) is 25.3 Å². The summed E-state index contributed by atoms with van der Waals surface area (Å²) >= 11 is 0. The monoisotopic (exact) mass is 140 g/mol. The molecule has 0 unspecified atom stereocenters. The van der Waals surface area contributed by atoms with Crippen molar-refractivity contribution in [3.63, 3.8) is 0 Å². The summed E-state index contributed by atoms with van der Waals surface area (Å²) in [6.07, 6.45) is 3.34. The van der Waals surface area contributed by atoms with Gasteiger partial charge in [-0.2, -0.15) is 0 Å². The van der Waals surface area contributed by atoms with Gasteiger partial charge in [-0.25, -0.2) is 4.99 Å². The molecule has 3 N–H and O–H groups in total. The van der Waals surface area contributed by atoms with Crippen molar-refractivity contribution in [2.45, 2.75) is 6.92 Å². The molecule has 0 aliphatic heterocycles. The van der Waals surface area contributed by atoms with E-state index in [9.17, 15) is 0 Å². The molecule has 0 aromatic heterocycles. The second-order valence-corrected chi connectivity index (χ2v) is 1.75. The Balaban J connectivity index is 4.22. The SMILES string of the molecule is C=N/C(N)=C\C(=C/C)CO. The summed E-state index contributed by atoms with van der Waals surface area (Å²) in [5, 5.41) is 8.64.